The molecule has 2 aliphatic rings. The Hall–Kier alpha value is -2.35. The van der Waals surface area contributed by atoms with E-state index in [1.165, 1.54) is 0 Å². The number of rotatable bonds is 4. The van der Waals surface area contributed by atoms with Crippen molar-refractivity contribution in [1.29, 1.82) is 0 Å². The number of aryl methyl sites for hydroxylation is 1. The molecule has 2 atom stereocenters. The SMILES string of the molecule is CCc1cc2ccc(CN3CCN(C(=O)C4CCC(C(F)(F)F)C4)CC3)cc2[nH]c1=O. The average molecular weight is 435 g/mol. The number of alkyl halides is 3. The van der Waals surface area contributed by atoms with Gasteiger partial charge in [0.15, 0.2) is 0 Å². The van der Waals surface area contributed by atoms with Crippen molar-refractivity contribution in [3.05, 3.63) is 45.7 Å². The van der Waals surface area contributed by atoms with Crippen LogP contribution in [-0.4, -0.2) is 53.0 Å². The molecule has 0 bridgehead atoms. The van der Waals surface area contributed by atoms with Crippen molar-refractivity contribution in [3.63, 3.8) is 0 Å². The molecule has 1 aromatic heterocycles. The highest BCUT2D eigenvalue weighted by Crippen LogP contribution is 2.42. The predicted molar refractivity (Wildman–Crippen MR) is 113 cm³/mol. The Morgan fingerprint density at radius 1 is 1.13 bits per heavy atom. The van der Waals surface area contributed by atoms with E-state index in [9.17, 15) is 22.8 Å². The van der Waals surface area contributed by atoms with Crippen LogP contribution in [0.1, 0.15) is 37.3 Å². The molecular weight excluding hydrogens is 407 g/mol. The number of amides is 1. The zero-order chi connectivity index (χ0) is 22.2. The van der Waals surface area contributed by atoms with E-state index in [-0.39, 0.29) is 24.3 Å². The fourth-order valence-electron chi connectivity index (χ4n) is 4.80. The summed E-state index contributed by atoms with van der Waals surface area (Å²) < 4.78 is 38.7. The summed E-state index contributed by atoms with van der Waals surface area (Å²) in [6.07, 6.45) is -3.19. The third kappa shape index (κ3) is 4.79. The Morgan fingerprint density at radius 3 is 2.52 bits per heavy atom. The fraction of sp³-hybridized carbons (Fsp3) is 0.565. The number of H-pyrrole nitrogens is 1. The van der Waals surface area contributed by atoms with Gasteiger partial charge in [-0.3, -0.25) is 14.5 Å². The molecule has 1 saturated carbocycles. The number of hydrogen-bond acceptors (Lipinski definition) is 3. The fourth-order valence-corrected chi connectivity index (χ4v) is 4.80. The van der Waals surface area contributed by atoms with Crippen LogP contribution in [0, 0.1) is 11.8 Å². The van der Waals surface area contributed by atoms with E-state index >= 15 is 0 Å². The molecule has 1 aliphatic heterocycles. The van der Waals surface area contributed by atoms with Crippen molar-refractivity contribution in [1.82, 2.24) is 14.8 Å². The largest absolute Gasteiger partial charge is 0.391 e. The summed E-state index contributed by atoms with van der Waals surface area (Å²) in [5, 5.41) is 1.00. The standard InChI is InChI=1S/C23H28F3N3O2/c1-2-16-12-17-4-3-15(11-20(17)27-21(16)30)14-28-7-9-29(10-8-28)22(31)18-5-6-19(13-18)23(24,25)26/h3-4,11-12,18-19H,2,5-10,13-14H2,1H3,(H,27,30). The molecule has 1 aliphatic carbocycles. The maximum absolute atomic E-state index is 12.9. The summed E-state index contributed by atoms with van der Waals surface area (Å²) in [6.45, 7) is 5.10. The van der Waals surface area contributed by atoms with Gasteiger partial charge in [0.05, 0.1) is 5.92 Å². The van der Waals surface area contributed by atoms with Gasteiger partial charge in [0.1, 0.15) is 0 Å². The Bertz CT molecular complexity index is 1010. The number of aromatic amines is 1. The van der Waals surface area contributed by atoms with Crippen LogP contribution in [0.25, 0.3) is 10.9 Å². The lowest BCUT2D eigenvalue weighted by Crippen LogP contribution is -2.49. The maximum Gasteiger partial charge on any atom is 0.391 e. The molecule has 8 heteroatoms. The Morgan fingerprint density at radius 2 is 1.87 bits per heavy atom. The molecule has 5 nitrogen and oxygen atoms in total. The molecule has 1 saturated heterocycles. The second-order valence-electron chi connectivity index (χ2n) is 8.75. The number of pyridine rings is 1. The van der Waals surface area contributed by atoms with Crippen molar-refractivity contribution in [3.8, 4) is 0 Å². The summed E-state index contributed by atoms with van der Waals surface area (Å²) in [4.78, 5) is 31.7. The molecule has 1 N–H and O–H groups in total. The molecule has 1 aromatic carbocycles. The van der Waals surface area contributed by atoms with E-state index < -0.39 is 18.0 Å². The minimum Gasteiger partial charge on any atom is -0.340 e. The molecule has 1 amide bonds. The zero-order valence-corrected chi connectivity index (χ0v) is 17.7. The highest BCUT2D eigenvalue weighted by Gasteiger charge is 2.46. The van der Waals surface area contributed by atoms with E-state index in [4.69, 9.17) is 0 Å². The Labute approximate surface area is 179 Å². The van der Waals surface area contributed by atoms with Crippen LogP contribution in [0.3, 0.4) is 0 Å². The molecule has 31 heavy (non-hydrogen) atoms. The lowest BCUT2D eigenvalue weighted by atomic mass is 10.0. The first-order chi connectivity index (χ1) is 14.7. The number of halogens is 3. The summed E-state index contributed by atoms with van der Waals surface area (Å²) in [7, 11) is 0. The molecule has 0 spiro atoms. The monoisotopic (exact) mass is 435 g/mol. The molecule has 168 valence electrons. The quantitative estimate of drug-likeness (QED) is 0.797. The van der Waals surface area contributed by atoms with Crippen molar-refractivity contribution >= 4 is 16.8 Å². The van der Waals surface area contributed by atoms with Crippen molar-refractivity contribution in [2.45, 2.75) is 45.3 Å². The van der Waals surface area contributed by atoms with E-state index in [1.807, 2.05) is 31.2 Å². The summed E-state index contributed by atoms with van der Waals surface area (Å²) >= 11 is 0. The van der Waals surface area contributed by atoms with Crippen molar-refractivity contribution in [2.75, 3.05) is 26.2 Å². The molecule has 2 aromatic rings. The van der Waals surface area contributed by atoms with E-state index in [0.717, 1.165) is 22.0 Å². The first kappa shape index (κ1) is 21.9. The van der Waals surface area contributed by atoms with Crippen LogP contribution in [0.4, 0.5) is 13.2 Å². The smallest absolute Gasteiger partial charge is 0.340 e. The number of fused-ring (bicyclic) bond motifs is 1. The topological polar surface area (TPSA) is 56.4 Å². The lowest BCUT2D eigenvalue weighted by Gasteiger charge is -2.36. The minimum atomic E-state index is -4.20. The molecular formula is C23H28F3N3O2. The average Bonchev–Trinajstić information content (AvgIpc) is 3.24. The number of nitrogens with zero attached hydrogens (tertiary/aromatic N) is 2. The van der Waals surface area contributed by atoms with E-state index in [2.05, 4.69) is 9.88 Å². The highest BCUT2D eigenvalue weighted by atomic mass is 19.4. The molecule has 0 radical (unpaired) electrons. The van der Waals surface area contributed by atoms with Gasteiger partial charge >= 0.3 is 6.18 Å². The zero-order valence-electron chi connectivity index (χ0n) is 17.7. The molecule has 2 unspecified atom stereocenters. The number of benzene rings is 1. The predicted octanol–water partition coefficient (Wildman–Crippen LogP) is 3.71. The van der Waals surface area contributed by atoms with E-state index in [0.29, 0.717) is 45.6 Å². The first-order valence-electron chi connectivity index (χ1n) is 11.0. The number of aromatic nitrogens is 1. The normalized spacial score (nSPS) is 22.9. The molecule has 4 rings (SSSR count). The third-order valence-corrected chi connectivity index (χ3v) is 6.70. The van der Waals surface area contributed by atoms with Crippen LogP contribution < -0.4 is 5.56 Å². The van der Waals surface area contributed by atoms with Gasteiger partial charge in [-0.05, 0) is 48.8 Å². The third-order valence-electron chi connectivity index (χ3n) is 6.70. The number of piperazine rings is 1. The van der Waals surface area contributed by atoms with Crippen molar-refractivity contribution in [2.24, 2.45) is 11.8 Å². The lowest BCUT2D eigenvalue weighted by molar-refractivity contribution is -0.173. The van der Waals surface area contributed by atoms with Gasteiger partial charge in [-0.25, -0.2) is 0 Å². The van der Waals surface area contributed by atoms with Gasteiger partial charge in [0, 0.05) is 49.7 Å². The Balaban J connectivity index is 1.33. The number of carbonyl (C=O) groups excluding carboxylic acids is 1. The van der Waals surface area contributed by atoms with Crippen LogP contribution in [0.5, 0.6) is 0 Å². The van der Waals surface area contributed by atoms with Gasteiger partial charge in [0.2, 0.25) is 5.91 Å². The van der Waals surface area contributed by atoms with Crippen LogP contribution >= 0.6 is 0 Å². The van der Waals surface area contributed by atoms with Crippen LogP contribution in [-0.2, 0) is 17.8 Å². The van der Waals surface area contributed by atoms with Crippen LogP contribution in [0.2, 0.25) is 0 Å². The van der Waals surface area contributed by atoms with Crippen molar-refractivity contribution < 1.29 is 18.0 Å². The maximum atomic E-state index is 12.9. The van der Waals surface area contributed by atoms with Gasteiger partial charge in [-0.1, -0.05) is 19.1 Å². The summed E-state index contributed by atoms with van der Waals surface area (Å²) in [5.74, 6) is -1.96. The molecule has 2 fully saturated rings. The van der Waals surface area contributed by atoms with Gasteiger partial charge in [-0.15, -0.1) is 0 Å². The number of hydrogen-bond donors (Lipinski definition) is 1. The number of carbonyl (C=O) groups is 1. The highest BCUT2D eigenvalue weighted by molar-refractivity contribution is 5.80. The first-order valence-corrected chi connectivity index (χ1v) is 11.0. The van der Waals surface area contributed by atoms with Gasteiger partial charge in [-0.2, -0.15) is 13.2 Å². The minimum absolute atomic E-state index is 0.0565. The van der Waals surface area contributed by atoms with Gasteiger partial charge in [0.25, 0.3) is 5.56 Å². The van der Waals surface area contributed by atoms with E-state index in [1.54, 1.807) is 4.90 Å². The molecule has 2 heterocycles. The summed E-state index contributed by atoms with van der Waals surface area (Å²) in [6, 6.07) is 7.97. The second kappa shape index (κ2) is 8.65. The summed E-state index contributed by atoms with van der Waals surface area (Å²) in [5.41, 5.74) is 2.61. The number of nitrogens with one attached hydrogen (secondary N) is 1. The van der Waals surface area contributed by atoms with Crippen LogP contribution in [0.15, 0.2) is 29.1 Å². The van der Waals surface area contributed by atoms with Gasteiger partial charge < -0.3 is 9.88 Å². The Kier molecular flexibility index (Phi) is 6.10. The second-order valence-corrected chi connectivity index (χ2v) is 8.75.